The van der Waals surface area contributed by atoms with Gasteiger partial charge in [0.15, 0.2) is 0 Å². The number of rotatable bonds is 22. The highest BCUT2D eigenvalue weighted by molar-refractivity contribution is 4.81. The smallest absolute Gasteiger partial charge is 0.105 e. The summed E-state index contributed by atoms with van der Waals surface area (Å²) in [5.41, 5.74) is -1.25. The molecule has 0 heterocycles. The fraction of sp³-hybridized carbons (Fsp3) is 0.933. The van der Waals surface area contributed by atoms with E-state index < -0.39 is 0 Å². The van der Waals surface area contributed by atoms with Crippen LogP contribution in [0.3, 0.4) is 0 Å². The summed E-state index contributed by atoms with van der Waals surface area (Å²) in [5, 5.41) is 0. The first-order chi connectivity index (χ1) is 16.4. The van der Waals surface area contributed by atoms with Gasteiger partial charge in [0.1, 0.15) is 6.10 Å². The largest absolute Gasteiger partial charge is 0.379 e. The number of hydrogen-bond acceptors (Lipinski definition) is 6. The minimum Gasteiger partial charge on any atom is -0.379 e. The maximum Gasteiger partial charge on any atom is 0.105 e. The Morgan fingerprint density at radius 2 is 1.00 bits per heavy atom. The molecular formula is C30H60O6. The first kappa shape index (κ1) is 35.5. The van der Waals surface area contributed by atoms with Crippen molar-refractivity contribution in [1.29, 1.82) is 0 Å². The van der Waals surface area contributed by atoms with Crippen molar-refractivity contribution < 1.29 is 28.4 Å². The Morgan fingerprint density at radius 3 is 1.42 bits per heavy atom. The second kappa shape index (κ2) is 16.5. The van der Waals surface area contributed by atoms with Crippen LogP contribution < -0.4 is 0 Å². The predicted octanol–water partition coefficient (Wildman–Crippen LogP) is 7.13. The molecule has 0 rings (SSSR count). The molecule has 0 aromatic rings. The fourth-order valence-electron chi connectivity index (χ4n) is 3.47. The predicted molar refractivity (Wildman–Crippen MR) is 150 cm³/mol. The maximum absolute atomic E-state index is 6.54. The topological polar surface area (TPSA) is 55.4 Å². The van der Waals surface area contributed by atoms with E-state index in [9.17, 15) is 0 Å². The van der Waals surface area contributed by atoms with E-state index in [1.54, 1.807) is 0 Å². The lowest BCUT2D eigenvalue weighted by Gasteiger charge is -2.36. The van der Waals surface area contributed by atoms with Gasteiger partial charge in [0.25, 0.3) is 0 Å². The highest BCUT2D eigenvalue weighted by Crippen LogP contribution is 2.24. The molecule has 6 heteroatoms. The Morgan fingerprint density at radius 1 is 0.583 bits per heavy atom. The van der Waals surface area contributed by atoms with Gasteiger partial charge in [0.05, 0.1) is 54.4 Å². The van der Waals surface area contributed by atoms with Crippen LogP contribution in [0.1, 0.15) is 109 Å². The quantitative estimate of drug-likeness (QED) is 0.143. The van der Waals surface area contributed by atoms with Crippen LogP contribution in [0.15, 0.2) is 12.7 Å². The van der Waals surface area contributed by atoms with Crippen molar-refractivity contribution >= 4 is 0 Å². The minimum atomic E-state index is -0.362. The van der Waals surface area contributed by atoms with E-state index in [2.05, 4.69) is 62.0 Å². The van der Waals surface area contributed by atoms with Crippen molar-refractivity contribution in [1.82, 2.24) is 0 Å². The highest BCUT2D eigenvalue weighted by atomic mass is 16.6. The van der Waals surface area contributed by atoms with Gasteiger partial charge in [-0.05, 0) is 109 Å². The fourth-order valence-corrected chi connectivity index (χ4v) is 3.47. The molecule has 36 heavy (non-hydrogen) atoms. The van der Waals surface area contributed by atoms with Crippen LogP contribution >= 0.6 is 0 Å². The first-order valence-electron chi connectivity index (χ1n) is 13.8. The Bertz CT molecular complexity index is 580. The lowest BCUT2D eigenvalue weighted by Crippen LogP contribution is -2.42. The molecule has 0 aliphatic carbocycles. The molecule has 0 spiro atoms. The minimum absolute atomic E-state index is 0.205. The Balaban J connectivity index is 5.05. The number of ether oxygens (including phenoxy) is 6. The zero-order valence-corrected chi connectivity index (χ0v) is 25.8. The molecule has 0 saturated heterocycles. The van der Waals surface area contributed by atoms with E-state index >= 15 is 0 Å². The van der Waals surface area contributed by atoms with Gasteiger partial charge in [-0.3, -0.25) is 0 Å². The van der Waals surface area contributed by atoms with E-state index in [4.69, 9.17) is 28.4 Å². The molecule has 0 N–H and O–H groups in total. The van der Waals surface area contributed by atoms with Crippen molar-refractivity contribution in [3.8, 4) is 0 Å². The van der Waals surface area contributed by atoms with Crippen molar-refractivity contribution in [3.63, 3.8) is 0 Å². The maximum atomic E-state index is 6.54. The third kappa shape index (κ3) is 19.6. The van der Waals surface area contributed by atoms with Gasteiger partial charge in [0.2, 0.25) is 0 Å². The van der Waals surface area contributed by atoms with Gasteiger partial charge in [-0.2, -0.15) is 0 Å². The molecule has 0 amide bonds. The summed E-state index contributed by atoms with van der Waals surface area (Å²) < 4.78 is 36.8. The second-order valence-corrected chi connectivity index (χ2v) is 12.8. The second-order valence-electron chi connectivity index (χ2n) is 12.8. The van der Waals surface area contributed by atoms with Crippen LogP contribution in [0, 0.1) is 0 Å². The van der Waals surface area contributed by atoms with E-state index in [0.29, 0.717) is 33.0 Å². The van der Waals surface area contributed by atoms with E-state index in [-0.39, 0.29) is 40.7 Å². The lowest BCUT2D eigenvalue weighted by molar-refractivity contribution is -0.175. The van der Waals surface area contributed by atoms with Crippen molar-refractivity contribution in [2.45, 2.75) is 149 Å². The molecule has 216 valence electrons. The van der Waals surface area contributed by atoms with Crippen molar-refractivity contribution in [2.75, 3.05) is 33.0 Å². The van der Waals surface area contributed by atoms with Gasteiger partial charge < -0.3 is 28.4 Å². The molecular weight excluding hydrogens is 456 g/mol. The molecule has 0 fully saturated rings. The van der Waals surface area contributed by atoms with Crippen LogP contribution in [-0.2, 0) is 28.4 Å². The molecule has 1 atom stereocenters. The summed E-state index contributed by atoms with van der Waals surface area (Å²) in [6.07, 6.45) is 5.32. The average molecular weight is 517 g/mol. The number of hydrogen-bond donors (Lipinski definition) is 0. The molecule has 6 nitrogen and oxygen atoms in total. The summed E-state index contributed by atoms with van der Waals surface area (Å²) in [4.78, 5) is 0. The van der Waals surface area contributed by atoms with Crippen LogP contribution in [0.25, 0.3) is 0 Å². The third-order valence-corrected chi connectivity index (χ3v) is 5.95. The molecule has 0 radical (unpaired) electrons. The summed E-state index contributed by atoms with van der Waals surface area (Å²) in [6, 6.07) is 0. The third-order valence-electron chi connectivity index (χ3n) is 5.95. The van der Waals surface area contributed by atoms with E-state index in [0.717, 1.165) is 25.7 Å². The van der Waals surface area contributed by atoms with Gasteiger partial charge in [-0.25, -0.2) is 0 Å². The zero-order chi connectivity index (χ0) is 28.0. The van der Waals surface area contributed by atoms with Gasteiger partial charge in [0, 0.05) is 13.2 Å². The lowest BCUT2D eigenvalue weighted by atomic mass is 10.0. The summed E-state index contributed by atoms with van der Waals surface area (Å²) in [5.74, 6) is 0. The molecule has 0 aromatic carbocycles. The van der Waals surface area contributed by atoms with Crippen LogP contribution in [0.5, 0.6) is 0 Å². The standard InChI is InChI=1S/C30H60O6/c1-14-15-27(6,7)33-21-18-29(10,11)35-23-26(36-30(12,13)17-20-32-25(4)5)22-34-28(8,9)16-19-31-24(2)3/h14,24-26H,1,15-23H2,2-13H3. The first-order valence-corrected chi connectivity index (χ1v) is 13.8. The molecule has 0 aromatic heterocycles. The average Bonchev–Trinajstić information content (AvgIpc) is 2.68. The normalized spacial score (nSPS) is 14.6. The summed E-state index contributed by atoms with van der Waals surface area (Å²) in [7, 11) is 0. The SMILES string of the molecule is C=CCC(C)(C)OCCC(C)(C)OCC(COC(C)(C)CCOC(C)C)OC(C)(C)CCOC(C)C. The summed E-state index contributed by atoms with van der Waals surface area (Å²) in [6.45, 7) is 31.6. The van der Waals surface area contributed by atoms with Crippen molar-refractivity contribution in [3.05, 3.63) is 12.7 Å². The Labute approximate surface area is 223 Å². The zero-order valence-electron chi connectivity index (χ0n) is 25.8. The van der Waals surface area contributed by atoms with E-state index in [1.165, 1.54) is 0 Å². The van der Waals surface area contributed by atoms with Crippen LogP contribution in [-0.4, -0.2) is 73.8 Å². The molecule has 0 aliphatic heterocycles. The molecule has 0 aliphatic rings. The van der Waals surface area contributed by atoms with Crippen LogP contribution in [0.2, 0.25) is 0 Å². The van der Waals surface area contributed by atoms with Gasteiger partial charge in [-0.15, -0.1) is 6.58 Å². The van der Waals surface area contributed by atoms with Gasteiger partial charge >= 0.3 is 0 Å². The Kier molecular flexibility index (Phi) is 16.2. The van der Waals surface area contributed by atoms with Crippen LogP contribution in [0.4, 0.5) is 0 Å². The summed E-state index contributed by atoms with van der Waals surface area (Å²) >= 11 is 0. The molecule has 0 saturated carbocycles. The Hall–Kier alpha value is -0.500. The molecule has 0 bridgehead atoms. The van der Waals surface area contributed by atoms with Crippen molar-refractivity contribution in [2.24, 2.45) is 0 Å². The molecule has 1 unspecified atom stereocenters. The van der Waals surface area contributed by atoms with E-state index in [1.807, 2.05) is 33.8 Å². The highest BCUT2D eigenvalue weighted by Gasteiger charge is 2.29. The monoisotopic (exact) mass is 516 g/mol. The van der Waals surface area contributed by atoms with Gasteiger partial charge in [-0.1, -0.05) is 6.08 Å².